The second-order valence-corrected chi connectivity index (χ2v) is 7.78. The van der Waals surface area contributed by atoms with E-state index < -0.39 is 17.5 Å². The zero-order chi connectivity index (χ0) is 23.7. The Labute approximate surface area is 200 Å². The maximum absolute atomic E-state index is 13.0. The molecule has 0 saturated heterocycles. The van der Waals surface area contributed by atoms with E-state index in [1.807, 2.05) is 12.1 Å². The Balaban J connectivity index is 1.72. The predicted octanol–water partition coefficient (Wildman–Crippen LogP) is 3.78. The summed E-state index contributed by atoms with van der Waals surface area (Å²) in [5, 5.41) is 15.4. The van der Waals surface area contributed by atoms with Crippen molar-refractivity contribution < 1.29 is 24.2 Å². The summed E-state index contributed by atoms with van der Waals surface area (Å²) in [6.07, 6.45) is 1.44. The number of carbonyl (C=O) groups excluding carboxylic acids is 2. The van der Waals surface area contributed by atoms with Crippen molar-refractivity contribution in [3.05, 3.63) is 100 Å². The molecule has 0 aliphatic heterocycles. The number of ether oxygens (including phenoxy) is 2. The molecule has 2 N–H and O–H groups in total. The smallest absolute Gasteiger partial charge is 0.344 e. The molecule has 3 rings (SSSR count). The van der Waals surface area contributed by atoms with E-state index in [-0.39, 0.29) is 13.2 Å². The van der Waals surface area contributed by atoms with Gasteiger partial charge in [-0.15, -0.1) is 0 Å². The molecule has 0 heterocycles. The topological polar surface area (TPSA) is 97.2 Å². The van der Waals surface area contributed by atoms with Crippen molar-refractivity contribution in [3.63, 3.8) is 0 Å². The number of rotatable bonds is 9. The summed E-state index contributed by atoms with van der Waals surface area (Å²) in [6.45, 7) is 1.81. The summed E-state index contributed by atoms with van der Waals surface area (Å²) in [5.74, 6) is -0.682. The molecule has 0 fully saturated rings. The van der Waals surface area contributed by atoms with Crippen molar-refractivity contribution in [3.8, 4) is 5.75 Å². The average molecular weight is 511 g/mol. The molecule has 0 atom stereocenters. The Morgan fingerprint density at radius 1 is 1.03 bits per heavy atom. The molecule has 0 spiro atoms. The van der Waals surface area contributed by atoms with Gasteiger partial charge in [-0.05, 0) is 57.7 Å². The second-order valence-electron chi connectivity index (χ2n) is 6.93. The number of nitrogens with one attached hydrogen (secondary N) is 1. The number of amides is 1. The van der Waals surface area contributed by atoms with Gasteiger partial charge < -0.3 is 14.6 Å². The quantitative estimate of drug-likeness (QED) is 0.259. The fourth-order valence-corrected chi connectivity index (χ4v) is 3.60. The molecular weight excluding hydrogens is 488 g/mol. The fourth-order valence-electron chi connectivity index (χ4n) is 3.09. The standard InChI is InChI=1S/C25H23BrN2O5/c1-2-32-23(29)17-33-22-14-13-18(15-21(22)26)16-27-28-24(30)25(31,19-9-5-3-6-10-19)20-11-7-4-8-12-20/h3-16,31H,2,17H2,1H3,(H,28,30)/b27-16+. The van der Waals surface area contributed by atoms with Gasteiger partial charge in [0.1, 0.15) is 5.75 Å². The van der Waals surface area contributed by atoms with E-state index in [4.69, 9.17) is 9.47 Å². The highest BCUT2D eigenvalue weighted by Crippen LogP contribution is 2.30. The molecule has 3 aromatic rings. The Kier molecular flexibility index (Phi) is 8.34. The molecule has 0 aromatic heterocycles. The second kappa shape index (κ2) is 11.4. The minimum atomic E-state index is -1.91. The lowest BCUT2D eigenvalue weighted by Crippen LogP contribution is -2.43. The lowest BCUT2D eigenvalue weighted by Gasteiger charge is -2.27. The summed E-state index contributed by atoms with van der Waals surface area (Å²) in [6, 6.07) is 22.5. The summed E-state index contributed by atoms with van der Waals surface area (Å²) in [5.41, 5.74) is 2.03. The van der Waals surface area contributed by atoms with Crippen molar-refractivity contribution in [2.24, 2.45) is 5.10 Å². The molecule has 1 amide bonds. The number of halogens is 1. The third kappa shape index (κ3) is 6.06. The molecule has 0 saturated carbocycles. The maximum atomic E-state index is 13.0. The van der Waals surface area contributed by atoms with Crippen LogP contribution in [0.15, 0.2) is 88.4 Å². The zero-order valence-corrected chi connectivity index (χ0v) is 19.5. The van der Waals surface area contributed by atoms with Gasteiger partial charge in [0.15, 0.2) is 12.2 Å². The van der Waals surface area contributed by atoms with Crippen molar-refractivity contribution in [1.82, 2.24) is 5.43 Å². The Bertz CT molecular complexity index is 1080. The molecule has 0 bridgehead atoms. The summed E-state index contributed by atoms with van der Waals surface area (Å²) >= 11 is 3.38. The maximum Gasteiger partial charge on any atom is 0.344 e. The van der Waals surface area contributed by atoms with E-state index in [9.17, 15) is 14.7 Å². The summed E-state index contributed by atoms with van der Waals surface area (Å²) in [4.78, 5) is 24.5. The highest BCUT2D eigenvalue weighted by Gasteiger charge is 2.39. The van der Waals surface area contributed by atoms with Crippen LogP contribution in [0.1, 0.15) is 23.6 Å². The van der Waals surface area contributed by atoms with Crippen LogP contribution in [-0.4, -0.2) is 36.4 Å². The molecule has 0 aliphatic carbocycles. The van der Waals surface area contributed by atoms with Gasteiger partial charge in [0.05, 0.1) is 17.3 Å². The lowest BCUT2D eigenvalue weighted by atomic mass is 9.85. The molecule has 0 aliphatic rings. The van der Waals surface area contributed by atoms with Crippen molar-refractivity contribution in [1.29, 1.82) is 0 Å². The number of hydrazone groups is 1. The molecule has 0 unspecified atom stereocenters. The minimum Gasteiger partial charge on any atom is -0.481 e. The van der Waals surface area contributed by atoms with Gasteiger partial charge in [0, 0.05) is 0 Å². The highest BCUT2D eigenvalue weighted by molar-refractivity contribution is 9.10. The van der Waals surface area contributed by atoms with Crippen LogP contribution in [0.2, 0.25) is 0 Å². The number of aliphatic hydroxyl groups is 1. The lowest BCUT2D eigenvalue weighted by molar-refractivity contribution is -0.145. The minimum absolute atomic E-state index is 0.201. The van der Waals surface area contributed by atoms with E-state index in [2.05, 4.69) is 26.5 Å². The van der Waals surface area contributed by atoms with E-state index >= 15 is 0 Å². The van der Waals surface area contributed by atoms with Crippen LogP contribution in [-0.2, 0) is 19.9 Å². The van der Waals surface area contributed by atoms with E-state index in [1.54, 1.807) is 73.7 Å². The van der Waals surface area contributed by atoms with Gasteiger partial charge in [-0.2, -0.15) is 5.10 Å². The summed E-state index contributed by atoms with van der Waals surface area (Å²) in [7, 11) is 0. The average Bonchev–Trinajstić information content (AvgIpc) is 2.84. The van der Waals surface area contributed by atoms with E-state index in [0.717, 1.165) is 0 Å². The first-order valence-electron chi connectivity index (χ1n) is 10.2. The number of hydrogen-bond acceptors (Lipinski definition) is 6. The summed E-state index contributed by atoms with van der Waals surface area (Å²) < 4.78 is 10.9. The molecular formula is C25H23BrN2O5. The van der Waals surface area contributed by atoms with E-state index in [1.165, 1.54) is 6.21 Å². The third-order valence-corrected chi connectivity index (χ3v) is 5.32. The van der Waals surface area contributed by atoms with Crippen LogP contribution in [0.25, 0.3) is 0 Å². The first kappa shape index (κ1) is 24.2. The molecule has 3 aromatic carbocycles. The zero-order valence-electron chi connectivity index (χ0n) is 17.9. The normalized spacial score (nSPS) is 11.2. The number of esters is 1. The largest absolute Gasteiger partial charge is 0.481 e. The van der Waals surface area contributed by atoms with Gasteiger partial charge in [0.2, 0.25) is 0 Å². The monoisotopic (exact) mass is 510 g/mol. The number of carbonyl (C=O) groups is 2. The van der Waals surface area contributed by atoms with Crippen LogP contribution in [0.4, 0.5) is 0 Å². The molecule has 8 heteroatoms. The van der Waals surface area contributed by atoms with Gasteiger partial charge in [-0.25, -0.2) is 10.2 Å². The van der Waals surface area contributed by atoms with Crippen LogP contribution >= 0.6 is 15.9 Å². The molecule has 33 heavy (non-hydrogen) atoms. The highest BCUT2D eigenvalue weighted by atomic mass is 79.9. The molecule has 0 radical (unpaired) electrons. The van der Waals surface area contributed by atoms with Crippen LogP contribution in [0, 0.1) is 0 Å². The first-order chi connectivity index (χ1) is 15.9. The Morgan fingerprint density at radius 2 is 1.64 bits per heavy atom. The van der Waals surface area contributed by atoms with Crippen molar-refractivity contribution in [2.45, 2.75) is 12.5 Å². The van der Waals surface area contributed by atoms with Crippen LogP contribution < -0.4 is 10.2 Å². The van der Waals surface area contributed by atoms with Crippen LogP contribution in [0.3, 0.4) is 0 Å². The molecule has 170 valence electrons. The Morgan fingerprint density at radius 3 is 2.18 bits per heavy atom. The van der Waals surface area contributed by atoms with Gasteiger partial charge >= 0.3 is 5.97 Å². The predicted molar refractivity (Wildman–Crippen MR) is 128 cm³/mol. The fraction of sp³-hybridized carbons (Fsp3) is 0.160. The molecule has 7 nitrogen and oxygen atoms in total. The number of nitrogens with zero attached hydrogens (tertiary/aromatic N) is 1. The first-order valence-corrected chi connectivity index (χ1v) is 11.0. The van der Waals surface area contributed by atoms with E-state index in [0.29, 0.717) is 26.9 Å². The number of benzene rings is 3. The third-order valence-electron chi connectivity index (χ3n) is 4.70. The van der Waals surface area contributed by atoms with Crippen LogP contribution in [0.5, 0.6) is 5.75 Å². The van der Waals surface area contributed by atoms with Crippen molar-refractivity contribution in [2.75, 3.05) is 13.2 Å². The van der Waals surface area contributed by atoms with Crippen molar-refractivity contribution >= 4 is 34.0 Å². The van der Waals surface area contributed by atoms with Gasteiger partial charge in [-0.1, -0.05) is 60.7 Å². The van der Waals surface area contributed by atoms with Gasteiger partial charge in [0.25, 0.3) is 5.91 Å². The number of hydrogen-bond donors (Lipinski definition) is 2. The van der Waals surface area contributed by atoms with Gasteiger partial charge in [-0.3, -0.25) is 4.79 Å². The Hall–Kier alpha value is -3.49. The SMILES string of the molecule is CCOC(=O)COc1ccc(/C=N/NC(=O)C(O)(c2ccccc2)c2ccccc2)cc1Br.